The molecule has 112 valence electrons. The van der Waals surface area contributed by atoms with E-state index in [9.17, 15) is 5.11 Å². The summed E-state index contributed by atoms with van der Waals surface area (Å²) in [6, 6.07) is 7.47. The number of halogens is 1. The summed E-state index contributed by atoms with van der Waals surface area (Å²) in [6.07, 6.45) is 1.12. The van der Waals surface area contributed by atoms with E-state index >= 15 is 0 Å². The maximum absolute atomic E-state index is 9.77. The third-order valence-electron chi connectivity index (χ3n) is 3.52. The molecule has 1 fully saturated rings. The molecule has 1 aliphatic carbocycles. The molecule has 20 heavy (non-hydrogen) atoms. The fraction of sp³-hybridized carbons (Fsp3) is 0.600. The normalized spacial score (nSPS) is 23.4. The van der Waals surface area contributed by atoms with Crippen LogP contribution in [0.5, 0.6) is 0 Å². The van der Waals surface area contributed by atoms with Gasteiger partial charge in [-0.3, -0.25) is 0 Å². The Morgan fingerprint density at radius 3 is 2.65 bits per heavy atom. The minimum absolute atomic E-state index is 0.116. The molecule has 0 heterocycles. The van der Waals surface area contributed by atoms with Crippen LogP contribution in [0.15, 0.2) is 24.3 Å². The van der Waals surface area contributed by atoms with Gasteiger partial charge in [0.25, 0.3) is 0 Å². The van der Waals surface area contributed by atoms with Gasteiger partial charge < -0.3 is 20.3 Å². The Hall–Kier alpha value is -0.650. The van der Waals surface area contributed by atoms with Crippen molar-refractivity contribution in [1.82, 2.24) is 5.32 Å². The highest BCUT2D eigenvalue weighted by Crippen LogP contribution is 2.25. The van der Waals surface area contributed by atoms with Crippen molar-refractivity contribution in [3.63, 3.8) is 0 Å². The molecule has 0 bridgehead atoms. The van der Waals surface area contributed by atoms with E-state index in [1.54, 1.807) is 0 Å². The minimum atomic E-state index is -0.507. The largest absolute Gasteiger partial charge is 0.393 e. The van der Waals surface area contributed by atoms with Crippen LogP contribution in [0.2, 0.25) is 5.02 Å². The van der Waals surface area contributed by atoms with E-state index in [0.717, 1.165) is 24.9 Å². The zero-order valence-electron chi connectivity index (χ0n) is 11.5. The molecule has 0 saturated heterocycles. The molecule has 5 heteroatoms. The first-order valence-corrected chi connectivity index (χ1v) is 7.40. The lowest BCUT2D eigenvalue weighted by Crippen LogP contribution is -2.39. The number of aliphatic hydroxyl groups excluding tert-OH is 2. The van der Waals surface area contributed by atoms with Gasteiger partial charge in [-0.25, -0.2) is 0 Å². The smallest absolute Gasteiger partial charge is 0.0897 e. The molecule has 2 rings (SSSR count). The SMILES string of the molecule is OC(CNCC1CC(O)C1)COCc1ccc(Cl)cc1. The van der Waals surface area contributed by atoms with E-state index in [2.05, 4.69) is 5.32 Å². The Morgan fingerprint density at radius 2 is 2.00 bits per heavy atom. The van der Waals surface area contributed by atoms with E-state index in [1.807, 2.05) is 24.3 Å². The molecule has 0 amide bonds. The van der Waals surface area contributed by atoms with Crippen molar-refractivity contribution >= 4 is 11.6 Å². The Morgan fingerprint density at radius 1 is 1.30 bits per heavy atom. The molecule has 1 saturated carbocycles. The molecule has 1 unspecified atom stereocenters. The van der Waals surface area contributed by atoms with E-state index in [0.29, 0.717) is 30.7 Å². The summed E-state index contributed by atoms with van der Waals surface area (Å²) in [4.78, 5) is 0. The number of ether oxygens (including phenoxy) is 1. The molecule has 1 aromatic rings. The Kier molecular flexibility index (Phi) is 6.26. The summed E-state index contributed by atoms with van der Waals surface area (Å²) in [7, 11) is 0. The molecule has 0 spiro atoms. The first-order valence-electron chi connectivity index (χ1n) is 7.02. The van der Waals surface area contributed by atoms with Crippen molar-refractivity contribution in [2.75, 3.05) is 19.7 Å². The van der Waals surface area contributed by atoms with Gasteiger partial charge in [-0.2, -0.15) is 0 Å². The Labute approximate surface area is 124 Å². The lowest BCUT2D eigenvalue weighted by molar-refractivity contribution is 0.0221. The van der Waals surface area contributed by atoms with Crippen molar-refractivity contribution in [2.24, 2.45) is 5.92 Å². The van der Waals surface area contributed by atoms with Crippen molar-refractivity contribution in [3.05, 3.63) is 34.9 Å². The first kappa shape index (κ1) is 15.7. The number of rotatable bonds is 8. The van der Waals surface area contributed by atoms with Gasteiger partial charge >= 0.3 is 0 Å². The maximum Gasteiger partial charge on any atom is 0.0897 e. The maximum atomic E-state index is 9.77. The number of hydrogen-bond donors (Lipinski definition) is 3. The first-order chi connectivity index (χ1) is 9.63. The molecule has 0 radical (unpaired) electrons. The molecule has 0 aliphatic heterocycles. The van der Waals surface area contributed by atoms with E-state index in [-0.39, 0.29) is 6.10 Å². The molecule has 1 aromatic carbocycles. The molecule has 0 aromatic heterocycles. The second kappa shape index (κ2) is 7.96. The van der Waals surface area contributed by atoms with Crippen LogP contribution in [0.25, 0.3) is 0 Å². The Bertz CT molecular complexity index is 393. The van der Waals surface area contributed by atoms with Crippen LogP contribution in [0.4, 0.5) is 0 Å². The van der Waals surface area contributed by atoms with Crippen LogP contribution >= 0.6 is 11.6 Å². The number of hydrogen-bond acceptors (Lipinski definition) is 4. The third kappa shape index (κ3) is 5.38. The molecular formula is C15H22ClNO3. The summed E-state index contributed by atoms with van der Waals surface area (Å²) in [5.41, 5.74) is 1.04. The predicted octanol–water partition coefficient (Wildman–Crippen LogP) is 1.58. The summed E-state index contributed by atoms with van der Waals surface area (Å²) >= 11 is 5.80. The van der Waals surface area contributed by atoms with Crippen LogP contribution in [-0.2, 0) is 11.3 Å². The van der Waals surface area contributed by atoms with E-state index < -0.39 is 6.10 Å². The molecular weight excluding hydrogens is 278 g/mol. The highest BCUT2D eigenvalue weighted by molar-refractivity contribution is 6.30. The van der Waals surface area contributed by atoms with Crippen molar-refractivity contribution in [3.8, 4) is 0 Å². The second-order valence-corrected chi connectivity index (χ2v) is 5.88. The molecule has 1 atom stereocenters. The fourth-order valence-electron chi connectivity index (χ4n) is 2.27. The van der Waals surface area contributed by atoms with Crippen LogP contribution in [0.1, 0.15) is 18.4 Å². The number of benzene rings is 1. The van der Waals surface area contributed by atoms with Gasteiger partial charge in [0.05, 0.1) is 25.4 Å². The van der Waals surface area contributed by atoms with Crippen LogP contribution in [0.3, 0.4) is 0 Å². The lowest BCUT2D eigenvalue weighted by atomic mass is 9.82. The van der Waals surface area contributed by atoms with Gasteiger partial charge in [-0.15, -0.1) is 0 Å². The van der Waals surface area contributed by atoms with Gasteiger partial charge in [0.2, 0.25) is 0 Å². The van der Waals surface area contributed by atoms with Gasteiger partial charge in [0.15, 0.2) is 0 Å². The quantitative estimate of drug-likeness (QED) is 0.682. The van der Waals surface area contributed by atoms with Gasteiger partial charge in [0, 0.05) is 11.6 Å². The average molecular weight is 300 g/mol. The third-order valence-corrected chi connectivity index (χ3v) is 3.77. The van der Waals surface area contributed by atoms with Crippen molar-refractivity contribution in [1.29, 1.82) is 0 Å². The van der Waals surface area contributed by atoms with Gasteiger partial charge in [0.1, 0.15) is 0 Å². The summed E-state index contributed by atoms with van der Waals surface area (Å²) in [6.45, 7) is 2.16. The zero-order chi connectivity index (χ0) is 14.4. The van der Waals surface area contributed by atoms with Crippen LogP contribution in [0, 0.1) is 5.92 Å². The topological polar surface area (TPSA) is 61.7 Å². The second-order valence-electron chi connectivity index (χ2n) is 5.44. The van der Waals surface area contributed by atoms with Crippen LogP contribution in [-0.4, -0.2) is 42.1 Å². The zero-order valence-corrected chi connectivity index (χ0v) is 12.2. The average Bonchev–Trinajstić information content (AvgIpc) is 2.39. The standard InChI is InChI=1S/C15H22ClNO3/c16-13-3-1-11(2-4-13)9-20-10-15(19)8-17-7-12-5-14(18)6-12/h1-4,12,14-15,17-19H,5-10H2. The summed E-state index contributed by atoms with van der Waals surface area (Å²) in [5.74, 6) is 0.548. The highest BCUT2D eigenvalue weighted by Gasteiger charge is 2.26. The Balaban J connectivity index is 1.51. The van der Waals surface area contributed by atoms with E-state index in [4.69, 9.17) is 21.4 Å². The predicted molar refractivity (Wildman–Crippen MR) is 78.7 cm³/mol. The van der Waals surface area contributed by atoms with E-state index in [1.165, 1.54) is 0 Å². The number of nitrogens with one attached hydrogen (secondary N) is 1. The van der Waals surface area contributed by atoms with Gasteiger partial charge in [-0.05, 0) is 43.0 Å². The minimum Gasteiger partial charge on any atom is -0.393 e. The summed E-state index contributed by atoms with van der Waals surface area (Å²) in [5, 5.41) is 22.8. The van der Waals surface area contributed by atoms with Crippen molar-refractivity contribution < 1.29 is 14.9 Å². The molecule has 1 aliphatic rings. The molecule has 4 nitrogen and oxygen atoms in total. The number of aliphatic hydroxyl groups is 2. The van der Waals surface area contributed by atoms with Gasteiger partial charge in [-0.1, -0.05) is 23.7 Å². The van der Waals surface area contributed by atoms with Crippen LogP contribution < -0.4 is 5.32 Å². The lowest BCUT2D eigenvalue weighted by Gasteiger charge is -2.31. The summed E-state index contributed by atoms with van der Waals surface area (Å²) < 4.78 is 5.46. The molecule has 3 N–H and O–H groups in total. The monoisotopic (exact) mass is 299 g/mol. The highest BCUT2D eigenvalue weighted by atomic mass is 35.5. The van der Waals surface area contributed by atoms with Crippen molar-refractivity contribution in [2.45, 2.75) is 31.7 Å². The fourth-order valence-corrected chi connectivity index (χ4v) is 2.40.